The van der Waals surface area contributed by atoms with Crippen LogP contribution in [0, 0.1) is 0 Å². The molecule has 0 aliphatic heterocycles. The van der Waals surface area contributed by atoms with Crippen molar-refractivity contribution in [2.45, 2.75) is 31.3 Å². The molecule has 1 atom stereocenters. The van der Waals surface area contributed by atoms with Gasteiger partial charge >= 0.3 is 0 Å². The molecule has 84 valence electrons. The summed E-state index contributed by atoms with van der Waals surface area (Å²) in [6.45, 7) is 3.97. The summed E-state index contributed by atoms with van der Waals surface area (Å²) < 4.78 is 27.4. The first-order chi connectivity index (χ1) is 6.93. The third kappa shape index (κ3) is 3.53. The Kier molecular flexibility index (Phi) is 3.71. The van der Waals surface area contributed by atoms with Crippen LogP contribution in [-0.4, -0.2) is 14.5 Å². The highest BCUT2D eigenvalue weighted by atomic mass is 32.2. The van der Waals surface area contributed by atoms with Crippen molar-refractivity contribution < 1.29 is 13.2 Å². The first-order valence-corrected chi connectivity index (χ1v) is 6.27. The van der Waals surface area contributed by atoms with Gasteiger partial charge in [0.1, 0.15) is 5.75 Å². The minimum absolute atomic E-state index is 0.0963. The second kappa shape index (κ2) is 4.63. The smallest absolute Gasteiger partial charge is 0.238 e. The normalized spacial score (nSPS) is 13.5. The predicted molar refractivity (Wildman–Crippen MR) is 58.2 cm³/mol. The zero-order chi connectivity index (χ0) is 11.5. The van der Waals surface area contributed by atoms with E-state index in [2.05, 4.69) is 0 Å². The minimum atomic E-state index is -3.61. The van der Waals surface area contributed by atoms with Crippen molar-refractivity contribution in [3.63, 3.8) is 0 Å². The Balaban J connectivity index is 2.82. The molecule has 15 heavy (non-hydrogen) atoms. The molecule has 0 saturated heterocycles. The van der Waals surface area contributed by atoms with Crippen LogP contribution in [-0.2, 0) is 10.0 Å². The quantitative estimate of drug-likeness (QED) is 0.850. The molecule has 0 aliphatic rings. The minimum Gasteiger partial charge on any atom is -0.491 e. The van der Waals surface area contributed by atoms with Crippen LogP contribution in [0.5, 0.6) is 5.75 Å². The number of hydrogen-bond donors (Lipinski definition) is 1. The van der Waals surface area contributed by atoms with E-state index in [-0.39, 0.29) is 11.0 Å². The van der Waals surface area contributed by atoms with Gasteiger partial charge in [-0.15, -0.1) is 0 Å². The zero-order valence-corrected chi connectivity index (χ0v) is 9.62. The fraction of sp³-hybridized carbons (Fsp3) is 0.400. The molecule has 0 unspecified atom stereocenters. The van der Waals surface area contributed by atoms with Crippen molar-refractivity contribution in [1.82, 2.24) is 0 Å². The topological polar surface area (TPSA) is 69.4 Å². The molecular formula is C10H15NO3S. The lowest BCUT2D eigenvalue weighted by Gasteiger charge is -2.12. The monoisotopic (exact) mass is 229 g/mol. The van der Waals surface area contributed by atoms with Gasteiger partial charge in [0.05, 0.1) is 11.0 Å². The van der Waals surface area contributed by atoms with Crippen LogP contribution >= 0.6 is 0 Å². The molecule has 1 rings (SSSR count). The van der Waals surface area contributed by atoms with Crippen LogP contribution in [0.4, 0.5) is 0 Å². The van der Waals surface area contributed by atoms with E-state index in [0.717, 1.165) is 6.42 Å². The number of ether oxygens (including phenoxy) is 1. The summed E-state index contributed by atoms with van der Waals surface area (Å²) in [7, 11) is -3.61. The highest BCUT2D eigenvalue weighted by molar-refractivity contribution is 7.89. The lowest BCUT2D eigenvalue weighted by Crippen LogP contribution is -2.12. The number of nitrogens with two attached hydrogens (primary N) is 1. The Morgan fingerprint density at radius 1 is 1.33 bits per heavy atom. The molecule has 0 aromatic heterocycles. The second-order valence-electron chi connectivity index (χ2n) is 3.35. The van der Waals surface area contributed by atoms with Crippen LogP contribution in [0.1, 0.15) is 20.3 Å². The first kappa shape index (κ1) is 12.0. The van der Waals surface area contributed by atoms with Gasteiger partial charge in [-0.05, 0) is 37.6 Å². The highest BCUT2D eigenvalue weighted by Gasteiger charge is 2.07. The molecule has 0 aliphatic carbocycles. The second-order valence-corrected chi connectivity index (χ2v) is 4.91. The maximum absolute atomic E-state index is 11.0. The van der Waals surface area contributed by atoms with E-state index in [1.807, 2.05) is 13.8 Å². The number of hydrogen-bond acceptors (Lipinski definition) is 3. The average molecular weight is 229 g/mol. The highest BCUT2D eigenvalue weighted by Crippen LogP contribution is 2.16. The van der Waals surface area contributed by atoms with Crippen molar-refractivity contribution in [2.75, 3.05) is 0 Å². The van der Waals surface area contributed by atoms with Gasteiger partial charge in [-0.3, -0.25) is 0 Å². The number of benzene rings is 1. The van der Waals surface area contributed by atoms with Gasteiger partial charge in [0.2, 0.25) is 10.0 Å². The van der Waals surface area contributed by atoms with Crippen molar-refractivity contribution in [2.24, 2.45) is 5.14 Å². The Morgan fingerprint density at radius 3 is 2.27 bits per heavy atom. The van der Waals surface area contributed by atoms with Crippen molar-refractivity contribution in [1.29, 1.82) is 0 Å². The molecular weight excluding hydrogens is 214 g/mol. The summed E-state index contributed by atoms with van der Waals surface area (Å²) in [5, 5.41) is 4.97. The van der Waals surface area contributed by atoms with Crippen LogP contribution in [0.15, 0.2) is 29.2 Å². The van der Waals surface area contributed by atoms with Gasteiger partial charge in [-0.25, -0.2) is 13.6 Å². The lowest BCUT2D eigenvalue weighted by atomic mass is 10.3. The Morgan fingerprint density at radius 2 is 1.87 bits per heavy atom. The van der Waals surface area contributed by atoms with Gasteiger partial charge < -0.3 is 4.74 Å². The van der Waals surface area contributed by atoms with Crippen LogP contribution in [0.2, 0.25) is 0 Å². The van der Waals surface area contributed by atoms with Crippen LogP contribution in [0.3, 0.4) is 0 Å². The van der Waals surface area contributed by atoms with Crippen molar-refractivity contribution in [3.8, 4) is 5.75 Å². The van der Waals surface area contributed by atoms with Crippen LogP contribution < -0.4 is 9.88 Å². The molecule has 5 heteroatoms. The standard InChI is InChI=1S/C10H15NO3S/c1-3-8(2)14-9-4-6-10(7-5-9)15(11,12)13/h4-8H,3H2,1-2H3,(H2,11,12,13)/t8-/m1/s1. The van der Waals surface area contributed by atoms with Gasteiger partial charge in [-0.2, -0.15) is 0 Å². The summed E-state index contributed by atoms with van der Waals surface area (Å²) >= 11 is 0. The van der Waals surface area contributed by atoms with Gasteiger partial charge in [-0.1, -0.05) is 6.92 Å². The fourth-order valence-corrected chi connectivity index (χ4v) is 1.54. The SMILES string of the molecule is CC[C@@H](C)Oc1ccc(S(N)(=O)=O)cc1. The molecule has 4 nitrogen and oxygen atoms in total. The third-order valence-electron chi connectivity index (χ3n) is 2.06. The van der Waals surface area contributed by atoms with Crippen molar-refractivity contribution >= 4 is 10.0 Å². The van der Waals surface area contributed by atoms with E-state index in [4.69, 9.17) is 9.88 Å². The largest absolute Gasteiger partial charge is 0.491 e. The molecule has 0 fully saturated rings. The summed E-state index contributed by atoms with van der Waals surface area (Å²) in [6, 6.07) is 6.08. The lowest BCUT2D eigenvalue weighted by molar-refractivity contribution is 0.217. The maximum Gasteiger partial charge on any atom is 0.238 e. The number of primary sulfonamides is 1. The third-order valence-corrected chi connectivity index (χ3v) is 2.99. The molecule has 0 amide bonds. The van der Waals surface area contributed by atoms with E-state index in [1.165, 1.54) is 12.1 Å². The zero-order valence-electron chi connectivity index (χ0n) is 8.80. The van der Waals surface area contributed by atoms with E-state index in [9.17, 15) is 8.42 Å². The molecule has 2 N–H and O–H groups in total. The number of sulfonamides is 1. The Bertz CT molecular complexity index is 411. The van der Waals surface area contributed by atoms with E-state index in [1.54, 1.807) is 12.1 Å². The molecule has 0 saturated carbocycles. The predicted octanol–water partition coefficient (Wildman–Crippen LogP) is 1.51. The fourth-order valence-electron chi connectivity index (χ4n) is 1.02. The Labute approximate surface area is 90.1 Å². The molecule has 1 aromatic carbocycles. The van der Waals surface area contributed by atoms with Gasteiger partial charge in [0, 0.05) is 0 Å². The molecule has 0 bridgehead atoms. The summed E-state index contributed by atoms with van der Waals surface area (Å²) in [5.41, 5.74) is 0. The van der Waals surface area contributed by atoms with E-state index < -0.39 is 10.0 Å². The molecule has 0 heterocycles. The average Bonchev–Trinajstić information content (AvgIpc) is 2.17. The maximum atomic E-state index is 11.0. The van der Waals surface area contributed by atoms with E-state index in [0.29, 0.717) is 5.75 Å². The molecule has 0 spiro atoms. The van der Waals surface area contributed by atoms with Crippen LogP contribution in [0.25, 0.3) is 0 Å². The van der Waals surface area contributed by atoms with Gasteiger partial charge in [0.25, 0.3) is 0 Å². The van der Waals surface area contributed by atoms with Crippen molar-refractivity contribution in [3.05, 3.63) is 24.3 Å². The van der Waals surface area contributed by atoms with E-state index >= 15 is 0 Å². The Hall–Kier alpha value is -1.07. The summed E-state index contributed by atoms with van der Waals surface area (Å²) in [6.07, 6.45) is 1.02. The summed E-state index contributed by atoms with van der Waals surface area (Å²) in [4.78, 5) is 0.0963. The van der Waals surface area contributed by atoms with Gasteiger partial charge in [0.15, 0.2) is 0 Å². The summed E-state index contributed by atoms with van der Waals surface area (Å²) in [5.74, 6) is 0.650. The molecule has 1 aromatic rings. The first-order valence-electron chi connectivity index (χ1n) is 4.73. The molecule has 0 radical (unpaired) electrons. The number of rotatable bonds is 4.